The van der Waals surface area contributed by atoms with Crippen LogP contribution < -0.4 is 15.0 Å². The SMILES string of the molecule is CN1CCOc2ccc(NC(=O)Cc3c[nH]c4ccccc34)cc21. The zero-order valence-electron chi connectivity index (χ0n) is 13.5. The summed E-state index contributed by atoms with van der Waals surface area (Å²) in [4.78, 5) is 17.7. The summed E-state index contributed by atoms with van der Waals surface area (Å²) in [5, 5.41) is 4.07. The minimum atomic E-state index is -0.0286. The lowest BCUT2D eigenvalue weighted by Crippen LogP contribution is -2.28. The number of aromatic amines is 1. The van der Waals surface area contributed by atoms with Crippen LogP contribution in [0.5, 0.6) is 5.75 Å². The molecule has 0 saturated carbocycles. The van der Waals surface area contributed by atoms with E-state index in [1.807, 2.05) is 55.7 Å². The minimum Gasteiger partial charge on any atom is -0.490 e. The first-order chi connectivity index (χ1) is 11.7. The third kappa shape index (κ3) is 2.69. The zero-order chi connectivity index (χ0) is 16.5. The molecule has 0 bridgehead atoms. The molecule has 122 valence electrons. The molecule has 2 heterocycles. The third-order valence-electron chi connectivity index (χ3n) is 4.36. The number of H-pyrrole nitrogens is 1. The summed E-state index contributed by atoms with van der Waals surface area (Å²) < 4.78 is 5.63. The van der Waals surface area contributed by atoms with Gasteiger partial charge in [0.25, 0.3) is 0 Å². The second-order valence-electron chi connectivity index (χ2n) is 6.04. The Hall–Kier alpha value is -2.95. The van der Waals surface area contributed by atoms with Crippen molar-refractivity contribution in [2.24, 2.45) is 0 Å². The zero-order valence-corrected chi connectivity index (χ0v) is 13.5. The topological polar surface area (TPSA) is 57.4 Å². The second-order valence-corrected chi connectivity index (χ2v) is 6.04. The molecule has 0 fully saturated rings. The first-order valence-electron chi connectivity index (χ1n) is 8.03. The number of ether oxygens (including phenoxy) is 1. The number of anilines is 2. The van der Waals surface area contributed by atoms with Crippen LogP contribution in [0.1, 0.15) is 5.56 Å². The number of aromatic nitrogens is 1. The van der Waals surface area contributed by atoms with E-state index in [0.29, 0.717) is 13.0 Å². The average Bonchev–Trinajstić information content (AvgIpc) is 2.99. The fourth-order valence-corrected chi connectivity index (χ4v) is 3.08. The number of nitrogens with one attached hydrogen (secondary N) is 2. The summed E-state index contributed by atoms with van der Waals surface area (Å²) in [5.41, 5.74) is 3.84. The van der Waals surface area contributed by atoms with Crippen LogP contribution >= 0.6 is 0 Å². The van der Waals surface area contributed by atoms with Crippen LogP contribution in [-0.2, 0) is 11.2 Å². The molecule has 1 amide bonds. The highest BCUT2D eigenvalue weighted by Crippen LogP contribution is 2.33. The van der Waals surface area contributed by atoms with Gasteiger partial charge in [0.05, 0.1) is 18.7 Å². The number of hydrogen-bond donors (Lipinski definition) is 2. The van der Waals surface area contributed by atoms with Gasteiger partial charge in [-0.05, 0) is 29.8 Å². The van der Waals surface area contributed by atoms with E-state index < -0.39 is 0 Å². The average molecular weight is 321 g/mol. The largest absolute Gasteiger partial charge is 0.490 e. The number of amides is 1. The van der Waals surface area contributed by atoms with E-state index in [2.05, 4.69) is 15.2 Å². The van der Waals surface area contributed by atoms with Crippen LogP contribution in [0.3, 0.4) is 0 Å². The van der Waals surface area contributed by atoms with Gasteiger partial charge in [-0.3, -0.25) is 4.79 Å². The number of rotatable bonds is 3. The molecular formula is C19H19N3O2. The molecule has 0 spiro atoms. The van der Waals surface area contributed by atoms with E-state index in [1.54, 1.807) is 0 Å². The van der Waals surface area contributed by atoms with Gasteiger partial charge in [0.15, 0.2) is 0 Å². The highest BCUT2D eigenvalue weighted by molar-refractivity contribution is 5.96. The standard InChI is InChI=1S/C19H19N3O2/c1-22-8-9-24-18-7-6-14(11-17(18)22)21-19(23)10-13-12-20-16-5-3-2-4-15(13)16/h2-7,11-12,20H,8-10H2,1H3,(H,21,23). The fraction of sp³-hybridized carbons (Fsp3) is 0.211. The molecule has 4 rings (SSSR count). The van der Waals surface area contributed by atoms with Crippen molar-refractivity contribution in [1.29, 1.82) is 0 Å². The molecule has 1 aliphatic heterocycles. The number of para-hydroxylation sites is 1. The maximum absolute atomic E-state index is 12.4. The maximum atomic E-state index is 12.4. The summed E-state index contributed by atoms with van der Waals surface area (Å²) >= 11 is 0. The first-order valence-corrected chi connectivity index (χ1v) is 8.03. The number of benzene rings is 2. The predicted octanol–water partition coefficient (Wildman–Crippen LogP) is 3.18. The van der Waals surface area contributed by atoms with Crippen molar-refractivity contribution >= 4 is 28.2 Å². The van der Waals surface area contributed by atoms with Gasteiger partial charge in [-0.2, -0.15) is 0 Å². The molecule has 0 aliphatic carbocycles. The Morgan fingerprint density at radius 2 is 2.17 bits per heavy atom. The Morgan fingerprint density at radius 1 is 1.29 bits per heavy atom. The summed E-state index contributed by atoms with van der Waals surface area (Å²) in [7, 11) is 2.03. The Balaban J connectivity index is 1.51. The number of nitrogens with zero attached hydrogens (tertiary/aromatic N) is 1. The third-order valence-corrected chi connectivity index (χ3v) is 4.36. The molecular weight excluding hydrogens is 302 g/mol. The Bertz CT molecular complexity index is 901. The second kappa shape index (κ2) is 5.92. The Kier molecular flexibility index (Phi) is 3.61. The lowest BCUT2D eigenvalue weighted by molar-refractivity contribution is -0.115. The van der Waals surface area contributed by atoms with Gasteiger partial charge in [0.1, 0.15) is 12.4 Å². The fourth-order valence-electron chi connectivity index (χ4n) is 3.08. The van der Waals surface area contributed by atoms with Gasteiger partial charge in [0, 0.05) is 29.8 Å². The quantitative estimate of drug-likeness (QED) is 0.779. The molecule has 2 aromatic carbocycles. The molecule has 5 heteroatoms. The van der Waals surface area contributed by atoms with Crippen molar-refractivity contribution in [1.82, 2.24) is 4.98 Å². The summed E-state index contributed by atoms with van der Waals surface area (Å²) in [6, 6.07) is 13.7. The van der Waals surface area contributed by atoms with Crippen molar-refractivity contribution in [3.05, 3.63) is 54.2 Å². The Morgan fingerprint density at radius 3 is 3.08 bits per heavy atom. The van der Waals surface area contributed by atoms with Gasteiger partial charge in [-0.25, -0.2) is 0 Å². The van der Waals surface area contributed by atoms with E-state index in [4.69, 9.17) is 4.74 Å². The van der Waals surface area contributed by atoms with Crippen molar-refractivity contribution in [3.8, 4) is 5.75 Å². The van der Waals surface area contributed by atoms with E-state index >= 15 is 0 Å². The van der Waals surface area contributed by atoms with Crippen LogP contribution in [0.15, 0.2) is 48.7 Å². The monoisotopic (exact) mass is 321 g/mol. The van der Waals surface area contributed by atoms with Crippen molar-refractivity contribution < 1.29 is 9.53 Å². The molecule has 2 N–H and O–H groups in total. The van der Waals surface area contributed by atoms with Crippen LogP contribution in [-0.4, -0.2) is 31.1 Å². The predicted molar refractivity (Wildman–Crippen MR) is 95.8 cm³/mol. The van der Waals surface area contributed by atoms with E-state index in [1.165, 1.54) is 0 Å². The number of fused-ring (bicyclic) bond motifs is 2. The van der Waals surface area contributed by atoms with Crippen LogP contribution in [0.25, 0.3) is 10.9 Å². The Labute approximate surface area is 140 Å². The molecule has 1 aromatic heterocycles. The maximum Gasteiger partial charge on any atom is 0.228 e. The van der Waals surface area contributed by atoms with E-state index in [9.17, 15) is 4.79 Å². The van der Waals surface area contributed by atoms with Gasteiger partial charge in [-0.15, -0.1) is 0 Å². The van der Waals surface area contributed by atoms with Crippen LogP contribution in [0.4, 0.5) is 11.4 Å². The normalized spacial score (nSPS) is 13.5. The van der Waals surface area contributed by atoms with Gasteiger partial charge in [0.2, 0.25) is 5.91 Å². The van der Waals surface area contributed by atoms with Crippen molar-refractivity contribution in [3.63, 3.8) is 0 Å². The van der Waals surface area contributed by atoms with Gasteiger partial charge in [-0.1, -0.05) is 18.2 Å². The molecule has 0 unspecified atom stereocenters. The van der Waals surface area contributed by atoms with Gasteiger partial charge >= 0.3 is 0 Å². The first kappa shape index (κ1) is 14.6. The lowest BCUT2D eigenvalue weighted by Gasteiger charge is -2.28. The van der Waals surface area contributed by atoms with Gasteiger partial charge < -0.3 is 19.9 Å². The molecule has 5 nitrogen and oxygen atoms in total. The number of likely N-dealkylation sites (N-methyl/N-ethyl adjacent to an activating group) is 1. The van der Waals surface area contributed by atoms with E-state index in [0.717, 1.165) is 40.1 Å². The molecule has 24 heavy (non-hydrogen) atoms. The van der Waals surface area contributed by atoms with E-state index in [-0.39, 0.29) is 5.91 Å². The van der Waals surface area contributed by atoms with Crippen molar-refractivity contribution in [2.45, 2.75) is 6.42 Å². The minimum absolute atomic E-state index is 0.0286. The number of hydrogen-bond acceptors (Lipinski definition) is 3. The molecule has 1 aliphatic rings. The highest BCUT2D eigenvalue weighted by atomic mass is 16.5. The molecule has 3 aromatic rings. The van der Waals surface area contributed by atoms with Crippen LogP contribution in [0.2, 0.25) is 0 Å². The summed E-state index contributed by atoms with van der Waals surface area (Å²) in [6.45, 7) is 1.54. The number of carbonyl (C=O) groups excluding carboxylic acids is 1. The summed E-state index contributed by atoms with van der Waals surface area (Å²) in [6.07, 6.45) is 2.24. The molecule has 0 atom stereocenters. The molecule has 0 saturated heterocycles. The van der Waals surface area contributed by atoms with Crippen LogP contribution in [0, 0.1) is 0 Å². The van der Waals surface area contributed by atoms with Crippen molar-refractivity contribution in [2.75, 3.05) is 30.4 Å². The number of carbonyl (C=O) groups is 1. The molecule has 0 radical (unpaired) electrons. The smallest absolute Gasteiger partial charge is 0.228 e. The highest BCUT2D eigenvalue weighted by Gasteiger charge is 2.16. The summed E-state index contributed by atoms with van der Waals surface area (Å²) in [5.74, 6) is 0.831. The lowest BCUT2D eigenvalue weighted by atomic mass is 10.1.